The lowest BCUT2D eigenvalue weighted by molar-refractivity contribution is 0.423. The third-order valence-electron chi connectivity index (χ3n) is 5.37. The molecule has 3 aromatic rings. The van der Waals surface area contributed by atoms with Gasteiger partial charge in [-0.1, -0.05) is 65.8 Å². The van der Waals surface area contributed by atoms with E-state index in [1.807, 2.05) is 6.07 Å². The third-order valence-corrected chi connectivity index (χ3v) is 5.37. The average Bonchev–Trinajstić information content (AvgIpc) is 2.60. The van der Waals surface area contributed by atoms with E-state index in [2.05, 4.69) is 89.3 Å². The van der Waals surface area contributed by atoms with Gasteiger partial charge in [-0.05, 0) is 40.5 Å². The minimum atomic E-state index is -0.173. The van der Waals surface area contributed by atoms with Crippen LogP contribution >= 0.6 is 0 Å². The van der Waals surface area contributed by atoms with Gasteiger partial charge in [0.05, 0.1) is 5.69 Å². The summed E-state index contributed by atoms with van der Waals surface area (Å²) in [4.78, 5) is 4.93. The minimum absolute atomic E-state index is 0.173. The molecule has 3 nitrogen and oxygen atoms in total. The molecule has 0 amide bonds. The quantitative estimate of drug-likeness (QED) is 0.502. The lowest BCUT2D eigenvalue weighted by atomic mass is 9.78. The maximum atomic E-state index is 11.0. The number of benzene rings is 3. The number of phenolic OH excluding ortho intramolecular Hbond substituents is 1. The highest BCUT2D eigenvalue weighted by atomic mass is 16.3. The average molecular weight is 373 g/mol. The minimum Gasteiger partial charge on any atom is -0.507 e. The standard InChI is InChI=1S/C25H28N2O/c1-24(2,3)17-13-16(14-18(22(17)28)25(4,5)6)23-26-19-11-7-9-15-10-8-12-20(27-23)21(15)19/h7-14,28H,1-6H3,(H,26,27). The van der Waals surface area contributed by atoms with Crippen molar-refractivity contribution in [3.8, 4) is 5.75 Å². The van der Waals surface area contributed by atoms with Gasteiger partial charge in [-0.3, -0.25) is 0 Å². The summed E-state index contributed by atoms with van der Waals surface area (Å²) in [5.41, 5.74) is 4.58. The molecule has 0 saturated carbocycles. The van der Waals surface area contributed by atoms with Gasteiger partial charge in [0.25, 0.3) is 0 Å². The van der Waals surface area contributed by atoms with Crippen LogP contribution in [-0.2, 0) is 10.8 Å². The molecule has 3 aromatic carbocycles. The van der Waals surface area contributed by atoms with Gasteiger partial charge in [-0.15, -0.1) is 0 Å². The molecule has 4 rings (SSSR count). The topological polar surface area (TPSA) is 44.6 Å². The first kappa shape index (κ1) is 18.5. The first-order valence-corrected chi connectivity index (χ1v) is 9.81. The Morgan fingerprint density at radius 2 is 1.39 bits per heavy atom. The second-order valence-electron chi connectivity index (χ2n) is 9.69. The Kier molecular flexibility index (Phi) is 4.04. The van der Waals surface area contributed by atoms with E-state index in [0.717, 1.165) is 39.3 Å². The number of rotatable bonds is 1. The van der Waals surface area contributed by atoms with Crippen molar-refractivity contribution in [2.45, 2.75) is 52.4 Å². The molecule has 0 aromatic heterocycles. The fraction of sp³-hybridized carbons (Fsp3) is 0.320. The SMILES string of the molecule is CC(C)(C)c1cc(C2=Nc3cccc4cccc(c34)N2)cc(C(C)(C)C)c1O. The summed E-state index contributed by atoms with van der Waals surface area (Å²) in [6.45, 7) is 12.8. The first-order valence-electron chi connectivity index (χ1n) is 9.81. The number of phenols is 1. The lowest BCUT2D eigenvalue weighted by Crippen LogP contribution is -2.22. The zero-order valence-corrected chi connectivity index (χ0v) is 17.5. The van der Waals surface area contributed by atoms with Crippen molar-refractivity contribution in [2.75, 3.05) is 5.32 Å². The van der Waals surface area contributed by atoms with E-state index >= 15 is 0 Å². The Labute approximate surface area is 167 Å². The van der Waals surface area contributed by atoms with Crippen LogP contribution in [0.2, 0.25) is 0 Å². The van der Waals surface area contributed by atoms with Gasteiger partial charge in [-0.25, -0.2) is 4.99 Å². The molecule has 0 aliphatic carbocycles. The molecule has 0 radical (unpaired) electrons. The highest BCUT2D eigenvalue weighted by molar-refractivity contribution is 6.19. The number of aromatic hydroxyl groups is 1. The molecule has 0 spiro atoms. The number of amidine groups is 1. The maximum Gasteiger partial charge on any atom is 0.138 e. The second kappa shape index (κ2) is 6.10. The maximum absolute atomic E-state index is 11.0. The fourth-order valence-electron chi connectivity index (χ4n) is 3.85. The zero-order chi connectivity index (χ0) is 20.3. The van der Waals surface area contributed by atoms with Gasteiger partial charge in [-0.2, -0.15) is 0 Å². The van der Waals surface area contributed by atoms with Gasteiger partial charge < -0.3 is 10.4 Å². The van der Waals surface area contributed by atoms with E-state index in [1.165, 1.54) is 5.39 Å². The zero-order valence-electron chi connectivity index (χ0n) is 17.5. The van der Waals surface area contributed by atoms with E-state index in [0.29, 0.717) is 5.75 Å². The molecule has 144 valence electrons. The van der Waals surface area contributed by atoms with E-state index in [4.69, 9.17) is 4.99 Å². The molecule has 0 bridgehead atoms. The number of hydrogen-bond donors (Lipinski definition) is 2. The summed E-state index contributed by atoms with van der Waals surface area (Å²) in [5.74, 6) is 1.21. The van der Waals surface area contributed by atoms with Crippen LogP contribution in [0.15, 0.2) is 53.5 Å². The van der Waals surface area contributed by atoms with Crippen LogP contribution in [0.25, 0.3) is 10.8 Å². The molecule has 1 aliphatic rings. The number of anilines is 1. The molecule has 0 saturated heterocycles. The van der Waals surface area contributed by atoms with Gasteiger partial charge in [0.1, 0.15) is 11.6 Å². The molecular formula is C25H28N2O. The Balaban J connectivity index is 1.95. The van der Waals surface area contributed by atoms with Crippen LogP contribution in [0.5, 0.6) is 5.75 Å². The highest BCUT2D eigenvalue weighted by Crippen LogP contribution is 2.41. The van der Waals surface area contributed by atoms with Gasteiger partial charge in [0, 0.05) is 27.8 Å². The number of aliphatic imine (C=N–C) groups is 1. The lowest BCUT2D eigenvalue weighted by Gasteiger charge is -2.29. The van der Waals surface area contributed by atoms with Crippen molar-refractivity contribution >= 4 is 28.0 Å². The molecule has 28 heavy (non-hydrogen) atoms. The van der Waals surface area contributed by atoms with Crippen LogP contribution in [0, 0.1) is 0 Å². The molecule has 1 aliphatic heterocycles. The van der Waals surface area contributed by atoms with Gasteiger partial charge in [0.15, 0.2) is 0 Å². The van der Waals surface area contributed by atoms with Crippen LogP contribution in [-0.4, -0.2) is 10.9 Å². The Morgan fingerprint density at radius 1 is 0.821 bits per heavy atom. The summed E-state index contributed by atoms with van der Waals surface area (Å²) in [6.07, 6.45) is 0. The molecule has 0 atom stereocenters. The summed E-state index contributed by atoms with van der Waals surface area (Å²) in [6, 6.07) is 16.6. The van der Waals surface area contributed by atoms with E-state index in [1.54, 1.807) is 0 Å². The van der Waals surface area contributed by atoms with Crippen molar-refractivity contribution in [1.29, 1.82) is 0 Å². The largest absolute Gasteiger partial charge is 0.507 e. The van der Waals surface area contributed by atoms with Crippen molar-refractivity contribution in [1.82, 2.24) is 0 Å². The Hall–Kier alpha value is -2.81. The van der Waals surface area contributed by atoms with Crippen molar-refractivity contribution in [2.24, 2.45) is 4.99 Å². The van der Waals surface area contributed by atoms with Crippen molar-refractivity contribution in [3.63, 3.8) is 0 Å². The van der Waals surface area contributed by atoms with Crippen LogP contribution in [0.1, 0.15) is 58.2 Å². The fourth-order valence-corrected chi connectivity index (χ4v) is 3.85. The normalized spacial score (nSPS) is 14.0. The monoisotopic (exact) mass is 372 g/mol. The highest BCUT2D eigenvalue weighted by Gasteiger charge is 2.28. The summed E-state index contributed by atoms with van der Waals surface area (Å²) < 4.78 is 0. The first-order chi connectivity index (χ1) is 13.1. The third kappa shape index (κ3) is 3.05. The van der Waals surface area contributed by atoms with Crippen LogP contribution in [0.4, 0.5) is 11.4 Å². The Morgan fingerprint density at radius 3 is 1.96 bits per heavy atom. The predicted molar refractivity (Wildman–Crippen MR) is 119 cm³/mol. The van der Waals surface area contributed by atoms with Crippen LogP contribution < -0.4 is 5.32 Å². The van der Waals surface area contributed by atoms with Crippen molar-refractivity contribution in [3.05, 3.63) is 65.2 Å². The number of hydrogen-bond acceptors (Lipinski definition) is 3. The van der Waals surface area contributed by atoms with Gasteiger partial charge in [0.2, 0.25) is 0 Å². The molecule has 3 heteroatoms. The second-order valence-corrected chi connectivity index (χ2v) is 9.69. The number of nitrogens with zero attached hydrogens (tertiary/aromatic N) is 1. The molecule has 1 heterocycles. The summed E-state index contributed by atoms with van der Waals surface area (Å²) >= 11 is 0. The van der Waals surface area contributed by atoms with Gasteiger partial charge >= 0.3 is 0 Å². The van der Waals surface area contributed by atoms with E-state index < -0.39 is 0 Å². The van der Waals surface area contributed by atoms with E-state index in [-0.39, 0.29) is 10.8 Å². The molecule has 0 fully saturated rings. The summed E-state index contributed by atoms with van der Waals surface area (Å²) in [7, 11) is 0. The van der Waals surface area contributed by atoms with Crippen molar-refractivity contribution < 1.29 is 5.11 Å². The Bertz CT molecular complexity index is 1070. The molecule has 0 unspecified atom stereocenters. The van der Waals surface area contributed by atoms with Crippen LogP contribution in [0.3, 0.4) is 0 Å². The summed E-state index contributed by atoms with van der Waals surface area (Å²) in [5, 5.41) is 16.9. The molecular weight excluding hydrogens is 344 g/mol. The molecule has 2 N–H and O–H groups in total. The number of nitrogens with one attached hydrogen (secondary N) is 1. The van der Waals surface area contributed by atoms with E-state index in [9.17, 15) is 5.11 Å². The predicted octanol–water partition coefficient (Wildman–Crippen LogP) is 6.64. The smallest absolute Gasteiger partial charge is 0.138 e.